The molecule has 0 radical (unpaired) electrons. The van der Waals surface area contributed by atoms with Gasteiger partial charge in [-0.15, -0.1) is 0 Å². The molecule has 0 aliphatic heterocycles. The fraction of sp³-hybridized carbons (Fsp3) is 0.0172. The smallest absolute Gasteiger partial charge is 0.308 e. The molecule has 9 heteroatoms. The van der Waals surface area contributed by atoms with Gasteiger partial charge in [0, 0.05) is 44.2 Å². The zero-order chi connectivity index (χ0) is 45.5. The molecule has 3 heterocycles. The van der Waals surface area contributed by atoms with Crippen LogP contribution < -0.4 is 0 Å². The number of aromatic nitrogens is 5. The van der Waals surface area contributed by atoms with E-state index < -0.39 is 11.7 Å². The summed E-state index contributed by atoms with van der Waals surface area (Å²) in [4.78, 5) is 20.6. The van der Waals surface area contributed by atoms with Crippen molar-refractivity contribution in [2.75, 3.05) is 0 Å². The van der Waals surface area contributed by atoms with Gasteiger partial charge in [0.15, 0.2) is 11.6 Å². The highest BCUT2D eigenvalue weighted by atomic mass is 19.4. The topological polar surface area (TPSA) is 80.3 Å². The molecule has 0 unspecified atom stereocenters. The molecule has 0 N–H and O–H groups in total. The molecule has 11 rings (SSSR count). The van der Waals surface area contributed by atoms with E-state index in [2.05, 4.69) is 6.07 Å². The van der Waals surface area contributed by atoms with E-state index in [4.69, 9.17) is 19.9 Å². The molecule has 11 aromatic rings. The molecule has 3 aromatic heterocycles. The fourth-order valence-electron chi connectivity index (χ4n) is 8.67. The van der Waals surface area contributed by atoms with E-state index in [1.807, 2.05) is 193 Å². The van der Waals surface area contributed by atoms with Gasteiger partial charge in [0.2, 0.25) is 0 Å². The zero-order valence-corrected chi connectivity index (χ0v) is 35.5. The Balaban J connectivity index is 1.31. The minimum absolute atomic E-state index is 0.0826. The van der Waals surface area contributed by atoms with E-state index in [9.17, 15) is 5.26 Å². The van der Waals surface area contributed by atoms with Crippen molar-refractivity contribution in [1.29, 1.82) is 5.26 Å². The van der Waals surface area contributed by atoms with Gasteiger partial charge >= 0.3 is 6.18 Å². The maximum Gasteiger partial charge on any atom is 0.416 e. The molecule has 0 aliphatic carbocycles. The first-order chi connectivity index (χ1) is 32.8. The fourth-order valence-corrected chi connectivity index (χ4v) is 8.67. The van der Waals surface area contributed by atoms with Crippen molar-refractivity contribution in [3.8, 4) is 90.7 Å². The summed E-state index contributed by atoms with van der Waals surface area (Å²) in [6.45, 7) is 0. The normalized spacial score (nSPS) is 11.5. The van der Waals surface area contributed by atoms with Gasteiger partial charge in [-0.1, -0.05) is 164 Å². The molecule has 0 bridgehead atoms. The summed E-state index contributed by atoms with van der Waals surface area (Å²) >= 11 is 0. The van der Waals surface area contributed by atoms with Crippen LogP contribution in [0.2, 0.25) is 0 Å². The minimum atomic E-state index is -4.80. The van der Waals surface area contributed by atoms with Crippen molar-refractivity contribution in [2.45, 2.75) is 6.18 Å². The van der Waals surface area contributed by atoms with Crippen LogP contribution in [-0.4, -0.2) is 24.5 Å². The number of para-hydroxylation sites is 1. The first-order valence-electron chi connectivity index (χ1n) is 21.6. The van der Waals surface area contributed by atoms with Gasteiger partial charge in [0.1, 0.15) is 0 Å². The summed E-state index contributed by atoms with van der Waals surface area (Å²) in [5.41, 5.74) is 8.62. The van der Waals surface area contributed by atoms with Crippen molar-refractivity contribution in [3.63, 3.8) is 0 Å². The van der Waals surface area contributed by atoms with E-state index >= 15 is 13.2 Å². The molecular formula is C58H35F3N6. The predicted molar refractivity (Wildman–Crippen MR) is 260 cm³/mol. The zero-order valence-electron chi connectivity index (χ0n) is 35.5. The molecule has 0 saturated carbocycles. The Morgan fingerprint density at radius 1 is 0.388 bits per heavy atom. The minimum Gasteiger partial charge on any atom is -0.308 e. The van der Waals surface area contributed by atoms with Gasteiger partial charge in [0.05, 0.1) is 56.7 Å². The van der Waals surface area contributed by atoms with Crippen molar-refractivity contribution in [3.05, 3.63) is 223 Å². The summed E-state index contributed by atoms with van der Waals surface area (Å²) in [5.74, 6) is 0.165. The van der Waals surface area contributed by atoms with Gasteiger partial charge in [0.25, 0.3) is 0 Å². The van der Waals surface area contributed by atoms with E-state index in [1.54, 1.807) is 12.1 Å². The van der Waals surface area contributed by atoms with E-state index in [0.29, 0.717) is 34.0 Å². The lowest BCUT2D eigenvalue weighted by atomic mass is 9.98. The van der Waals surface area contributed by atoms with Crippen LogP contribution in [-0.2, 0) is 6.18 Å². The Morgan fingerprint density at radius 2 is 0.791 bits per heavy atom. The van der Waals surface area contributed by atoms with Crippen LogP contribution >= 0.6 is 0 Å². The molecule has 0 atom stereocenters. The number of nitrogens with zero attached hydrogens (tertiary/aromatic N) is 6. The molecule has 318 valence electrons. The van der Waals surface area contributed by atoms with Crippen molar-refractivity contribution in [2.24, 2.45) is 0 Å². The number of alkyl halides is 3. The number of benzene rings is 8. The number of fused-ring (bicyclic) bond motifs is 3. The van der Waals surface area contributed by atoms with Gasteiger partial charge in [-0.3, -0.25) is 0 Å². The van der Waals surface area contributed by atoms with Gasteiger partial charge in [-0.05, 0) is 59.7 Å². The monoisotopic (exact) mass is 872 g/mol. The molecule has 67 heavy (non-hydrogen) atoms. The molecular weight excluding hydrogens is 838 g/mol. The average Bonchev–Trinajstić information content (AvgIpc) is 3.72. The molecule has 0 fully saturated rings. The Hall–Kier alpha value is -9.00. The quantitative estimate of drug-likeness (QED) is 0.152. The van der Waals surface area contributed by atoms with Crippen LogP contribution in [0, 0.1) is 11.3 Å². The van der Waals surface area contributed by atoms with Crippen molar-refractivity contribution >= 4 is 21.8 Å². The molecule has 0 aliphatic rings. The molecule has 8 aromatic carbocycles. The number of nitriles is 1. The Labute approximate surface area is 383 Å². The van der Waals surface area contributed by atoms with Crippen molar-refractivity contribution in [1.82, 2.24) is 24.5 Å². The van der Waals surface area contributed by atoms with Gasteiger partial charge in [-0.25, -0.2) is 19.9 Å². The molecule has 0 amide bonds. The summed E-state index contributed by atoms with van der Waals surface area (Å²) in [7, 11) is 0. The second-order valence-corrected chi connectivity index (χ2v) is 16.1. The summed E-state index contributed by atoms with van der Waals surface area (Å²) in [6.07, 6.45) is -4.80. The van der Waals surface area contributed by atoms with E-state index in [0.717, 1.165) is 67.3 Å². The highest BCUT2D eigenvalue weighted by Crippen LogP contribution is 2.45. The third kappa shape index (κ3) is 7.77. The maximum atomic E-state index is 15.7. The Bertz CT molecular complexity index is 3400. The second-order valence-electron chi connectivity index (χ2n) is 16.1. The van der Waals surface area contributed by atoms with Gasteiger partial charge in [-0.2, -0.15) is 18.4 Å². The first kappa shape index (κ1) is 40.8. The third-order valence-electron chi connectivity index (χ3n) is 11.9. The van der Waals surface area contributed by atoms with Crippen LogP contribution in [0.25, 0.3) is 106 Å². The predicted octanol–water partition coefficient (Wildman–Crippen LogP) is 14.9. The summed E-state index contributed by atoms with van der Waals surface area (Å²) in [5, 5.41) is 11.3. The highest BCUT2D eigenvalue weighted by Gasteiger charge is 2.35. The highest BCUT2D eigenvalue weighted by molar-refractivity contribution is 6.11. The number of hydrogen-bond acceptors (Lipinski definition) is 5. The van der Waals surface area contributed by atoms with Crippen molar-refractivity contribution < 1.29 is 13.2 Å². The molecule has 0 spiro atoms. The number of rotatable bonds is 8. The molecule has 6 nitrogen and oxygen atoms in total. The number of halogens is 3. The van der Waals surface area contributed by atoms with Gasteiger partial charge < -0.3 is 4.57 Å². The largest absolute Gasteiger partial charge is 0.416 e. The lowest BCUT2D eigenvalue weighted by Crippen LogP contribution is -2.11. The third-order valence-corrected chi connectivity index (χ3v) is 11.9. The second kappa shape index (κ2) is 16.8. The Morgan fingerprint density at radius 3 is 1.22 bits per heavy atom. The standard InChI is InChI=1S/C58H35F3N6/c59-58(60,61)44-32-47(56-63-49(39-15-5-1-6-16-39)34-50(64-56)40-17-7-2-8-18-40)55(48(33-44)57-65-51(41-19-9-3-10-20-41)35-52(66-57)42-21-11-4-12-22-42)67-53-24-14-13-23-45(53)46-30-29-43(31-54(46)67)38-27-25-37(36-62)26-28-38/h1-35H. The van der Waals surface area contributed by atoms with Crippen LogP contribution in [0.5, 0.6) is 0 Å². The summed E-state index contributed by atoms with van der Waals surface area (Å²) < 4.78 is 49.2. The van der Waals surface area contributed by atoms with Crippen LogP contribution in [0.15, 0.2) is 212 Å². The first-order valence-corrected chi connectivity index (χ1v) is 21.6. The molecule has 0 saturated heterocycles. The number of hydrogen-bond donors (Lipinski definition) is 0. The average molecular weight is 873 g/mol. The van der Waals surface area contributed by atoms with Crippen LogP contribution in [0.1, 0.15) is 11.1 Å². The lowest BCUT2D eigenvalue weighted by molar-refractivity contribution is -0.137. The van der Waals surface area contributed by atoms with E-state index in [-0.39, 0.29) is 22.8 Å². The maximum absolute atomic E-state index is 15.7. The summed E-state index contributed by atoms with van der Waals surface area (Å²) in [6, 6.07) is 67.7. The van der Waals surface area contributed by atoms with Crippen LogP contribution in [0.3, 0.4) is 0 Å². The van der Waals surface area contributed by atoms with E-state index in [1.165, 1.54) is 0 Å². The SMILES string of the molecule is N#Cc1ccc(-c2ccc3c4ccccc4n(-c4c(-c5nc(-c6ccccc6)cc(-c6ccccc6)n5)cc(C(F)(F)F)cc4-c4nc(-c5ccccc5)cc(-c5ccccc5)n4)c3c2)cc1. The van der Waals surface area contributed by atoms with Crippen LogP contribution in [0.4, 0.5) is 13.2 Å². The lowest BCUT2D eigenvalue weighted by Gasteiger charge is -2.21. The Kier molecular flexibility index (Phi) is 10.2.